The second-order valence-corrected chi connectivity index (χ2v) is 7.15. The Balaban J connectivity index is 1.58. The summed E-state index contributed by atoms with van der Waals surface area (Å²) in [4.78, 5) is 13.4. The number of anilines is 1. The molecule has 8 heteroatoms. The first-order chi connectivity index (χ1) is 12.0. The molecular formula is C17H14F2N2O2S2. The highest BCUT2D eigenvalue weighted by Gasteiger charge is 2.15. The molecule has 0 saturated heterocycles. The molecule has 0 aliphatic heterocycles. The van der Waals surface area contributed by atoms with Gasteiger partial charge in [0.2, 0.25) is 0 Å². The Morgan fingerprint density at radius 3 is 2.60 bits per heavy atom. The van der Waals surface area contributed by atoms with Gasteiger partial charge in [-0.3, -0.25) is 0 Å². The van der Waals surface area contributed by atoms with Crippen LogP contribution < -0.4 is 10.6 Å². The molecule has 3 aromatic rings. The third-order valence-electron chi connectivity index (χ3n) is 3.44. The van der Waals surface area contributed by atoms with Crippen molar-refractivity contribution in [3.63, 3.8) is 0 Å². The number of carbonyl (C=O) groups excluding carboxylic acids is 1. The van der Waals surface area contributed by atoms with Crippen molar-refractivity contribution in [2.75, 3.05) is 5.32 Å². The molecule has 0 aliphatic carbocycles. The molecule has 2 amide bonds. The largest absolute Gasteiger partial charge is 0.383 e. The van der Waals surface area contributed by atoms with Crippen molar-refractivity contribution in [1.82, 2.24) is 5.32 Å². The molecule has 0 spiro atoms. The molecule has 0 saturated carbocycles. The van der Waals surface area contributed by atoms with Crippen molar-refractivity contribution in [3.8, 4) is 0 Å². The molecule has 0 unspecified atom stereocenters. The zero-order chi connectivity index (χ0) is 17.8. The minimum absolute atomic E-state index is 0.183. The third-order valence-corrected chi connectivity index (χ3v) is 5.27. The lowest BCUT2D eigenvalue weighted by Crippen LogP contribution is -2.28. The number of carbonyl (C=O) groups is 1. The summed E-state index contributed by atoms with van der Waals surface area (Å²) in [7, 11) is 0. The molecule has 2 aromatic heterocycles. The first-order valence-electron chi connectivity index (χ1n) is 7.32. The summed E-state index contributed by atoms with van der Waals surface area (Å²) in [5, 5.41) is 18.7. The number of rotatable bonds is 5. The number of hydrogen-bond donors (Lipinski definition) is 3. The maximum absolute atomic E-state index is 13.5. The number of para-hydroxylation sites is 1. The van der Waals surface area contributed by atoms with Gasteiger partial charge in [-0.15, -0.1) is 11.3 Å². The molecule has 0 bridgehead atoms. The van der Waals surface area contributed by atoms with E-state index in [1.54, 1.807) is 12.1 Å². The number of benzene rings is 1. The lowest BCUT2D eigenvalue weighted by Gasteiger charge is -2.08. The molecule has 0 aliphatic rings. The van der Waals surface area contributed by atoms with Gasteiger partial charge in [-0.25, -0.2) is 13.6 Å². The van der Waals surface area contributed by atoms with Gasteiger partial charge in [0.15, 0.2) is 0 Å². The molecule has 1 atom stereocenters. The van der Waals surface area contributed by atoms with Crippen molar-refractivity contribution in [1.29, 1.82) is 0 Å². The van der Waals surface area contributed by atoms with E-state index in [9.17, 15) is 18.7 Å². The van der Waals surface area contributed by atoms with Crippen molar-refractivity contribution in [2.24, 2.45) is 0 Å². The second kappa shape index (κ2) is 7.73. The first kappa shape index (κ1) is 17.5. The molecule has 3 N–H and O–H groups in total. The van der Waals surface area contributed by atoms with Gasteiger partial charge in [-0.1, -0.05) is 6.07 Å². The van der Waals surface area contributed by atoms with Gasteiger partial charge in [-0.2, -0.15) is 11.3 Å². The average Bonchev–Trinajstić information content (AvgIpc) is 3.27. The van der Waals surface area contributed by atoms with Crippen LogP contribution in [-0.2, 0) is 6.54 Å². The predicted octanol–water partition coefficient (Wildman–Crippen LogP) is 4.49. The van der Waals surface area contributed by atoms with Crippen LogP contribution in [0.2, 0.25) is 0 Å². The van der Waals surface area contributed by atoms with E-state index in [1.807, 2.05) is 16.8 Å². The molecule has 0 radical (unpaired) electrons. The van der Waals surface area contributed by atoms with Crippen LogP contribution in [0.3, 0.4) is 0 Å². The van der Waals surface area contributed by atoms with Crippen LogP contribution in [0.1, 0.15) is 21.4 Å². The van der Waals surface area contributed by atoms with E-state index in [-0.39, 0.29) is 6.54 Å². The number of amides is 2. The Hall–Kier alpha value is -2.29. The Kier molecular flexibility index (Phi) is 5.42. The van der Waals surface area contributed by atoms with E-state index in [4.69, 9.17) is 0 Å². The monoisotopic (exact) mass is 380 g/mol. The predicted molar refractivity (Wildman–Crippen MR) is 94.9 cm³/mol. The summed E-state index contributed by atoms with van der Waals surface area (Å²) in [6.07, 6.45) is -0.702. The van der Waals surface area contributed by atoms with Gasteiger partial charge >= 0.3 is 6.03 Å². The van der Waals surface area contributed by atoms with Gasteiger partial charge in [0.25, 0.3) is 0 Å². The van der Waals surface area contributed by atoms with E-state index in [2.05, 4.69) is 10.6 Å². The molecule has 2 heterocycles. The Morgan fingerprint density at radius 1 is 1.16 bits per heavy atom. The Labute approximate surface area is 150 Å². The molecule has 3 rings (SSSR count). The minimum atomic E-state index is -0.840. The fourth-order valence-electron chi connectivity index (χ4n) is 2.17. The summed E-state index contributed by atoms with van der Waals surface area (Å²) in [6.45, 7) is 0.183. The van der Waals surface area contributed by atoms with Crippen LogP contribution in [0, 0.1) is 11.6 Å². The van der Waals surface area contributed by atoms with E-state index in [0.717, 1.165) is 27.5 Å². The van der Waals surface area contributed by atoms with Crippen LogP contribution in [-0.4, -0.2) is 11.1 Å². The zero-order valence-corrected chi connectivity index (χ0v) is 14.5. The molecule has 25 heavy (non-hydrogen) atoms. The fraction of sp³-hybridized carbons (Fsp3) is 0.118. The van der Waals surface area contributed by atoms with E-state index in [1.165, 1.54) is 28.7 Å². The summed E-state index contributed by atoms with van der Waals surface area (Å²) >= 11 is 2.86. The van der Waals surface area contributed by atoms with Crippen molar-refractivity contribution in [3.05, 3.63) is 74.1 Å². The summed E-state index contributed by atoms with van der Waals surface area (Å²) in [5.74, 6) is -1.68. The zero-order valence-electron chi connectivity index (χ0n) is 12.8. The summed E-state index contributed by atoms with van der Waals surface area (Å²) < 4.78 is 27.0. The van der Waals surface area contributed by atoms with Crippen LogP contribution in [0.4, 0.5) is 19.3 Å². The molecule has 1 aromatic carbocycles. The second-order valence-electron chi connectivity index (χ2n) is 5.17. The molecule has 4 nitrogen and oxygen atoms in total. The summed E-state index contributed by atoms with van der Waals surface area (Å²) in [6, 6.07) is 8.07. The Morgan fingerprint density at radius 2 is 1.92 bits per heavy atom. The van der Waals surface area contributed by atoms with E-state index in [0.29, 0.717) is 0 Å². The molecule has 0 fully saturated rings. The van der Waals surface area contributed by atoms with Gasteiger partial charge in [0, 0.05) is 9.75 Å². The SMILES string of the molecule is O=C(NCc1ccc([C@@H](O)c2ccsc2)s1)Nc1c(F)cccc1F. The third kappa shape index (κ3) is 4.22. The maximum atomic E-state index is 13.5. The first-order valence-corrected chi connectivity index (χ1v) is 9.08. The highest BCUT2D eigenvalue weighted by molar-refractivity contribution is 7.12. The van der Waals surface area contributed by atoms with Gasteiger partial charge in [0.05, 0.1) is 6.54 Å². The van der Waals surface area contributed by atoms with Crippen LogP contribution in [0.15, 0.2) is 47.2 Å². The smallest absolute Gasteiger partial charge is 0.319 e. The normalized spacial score (nSPS) is 12.0. The number of urea groups is 1. The maximum Gasteiger partial charge on any atom is 0.319 e. The van der Waals surface area contributed by atoms with Crippen LogP contribution >= 0.6 is 22.7 Å². The van der Waals surface area contributed by atoms with E-state index >= 15 is 0 Å². The van der Waals surface area contributed by atoms with Gasteiger partial charge in [0.1, 0.15) is 23.4 Å². The van der Waals surface area contributed by atoms with Crippen molar-refractivity contribution >= 4 is 34.4 Å². The molecule has 130 valence electrons. The minimum Gasteiger partial charge on any atom is -0.383 e. The standard InChI is InChI=1S/C17H14F2N2O2S2/c18-12-2-1-3-13(19)15(12)21-17(23)20-8-11-4-5-14(25-11)16(22)10-6-7-24-9-10/h1-7,9,16,22H,8H2,(H2,20,21,23)/t16-/m0/s1. The quantitative estimate of drug-likeness (QED) is 0.611. The highest BCUT2D eigenvalue weighted by Crippen LogP contribution is 2.29. The highest BCUT2D eigenvalue weighted by atomic mass is 32.1. The van der Waals surface area contributed by atoms with Crippen LogP contribution in [0.5, 0.6) is 0 Å². The lowest BCUT2D eigenvalue weighted by atomic mass is 10.2. The Bertz CT molecular complexity index is 845. The van der Waals surface area contributed by atoms with Crippen molar-refractivity contribution < 1.29 is 18.7 Å². The number of aliphatic hydroxyl groups is 1. The average molecular weight is 380 g/mol. The number of nitrogens with one attached hydrogen (secondary N) is 2. The topological polar surface area (TPSA) is 61.4 Å². The molecular weight excluding hydrogens is 366 g/mol. The van der Waals surface area contributed by atoms with Crippen LogP contribution in [0.25, 0.3) is 0 Å². The van der Waals surface area contributed by atoms with Crippen molar-refractivity contribution in [2.45, 2.75) is 12.6 Å². The lowest BCUT2D eigenvalue weighted by molar-refractivity contribution is 0.224. The number of aliphatic hydroxyl groups excluding tert-OH is 1. The number of thiophene rings is 2. The fourth-order valence-corrected chi connectivity index (χ4v) is 3.82. The van der Waals surface area contributed by atoms with E-state index < -0.39 is 29.5 Å². The van der Waals surface area contributed by atoms with Gasteiger partial charge in [-0.05, 0) is 46.7 Å². The summed E-state index contributed by atoms with van der Waals surface area (Å²) in [5.41, 5.74) is 0.332. The number of hydrogen-bond acceptors (Lipinski definition) is 4. The van der Waals surface area contributed by atoms with Gasteiger partial charge < -0.3 is 15.7 Å². The number of halogens is 2.